The van der Waals surface area contributed by atoms with Gasteiger partial charge in [-0.3, -0.25) is 9.10 Å². The van der Waals surface area contributed by atoms with Crippen molar-refractivity contribution in [3.05, 3.63) is 53.6 Å². The SMILES string of the molecule is CCS(=O)(=O)N1C[C@@H](C(=O)Nc2cc(C(=O)OC)ccc2C)Oc2ccccc21. The van der Waals surface area contributed by atoms with Gasteiger partial charge in [0.25, 0.3) is 5.91 Å². The van der Waals surface area contributed by atoms with Gasteiger partial charge in [-0.1, -0.05) is 18.2 Å². The number of carbonyl (C=O) groups excluding carboxylic acids is 2. The third-order valence-corrected chi connectivity index (χ3v) is 6.39. The number of hydrogen-bond acceptors (Lipinski definition) is 6. The van der Waals surface area contributed by atoms with E-state index in [9.17, 15) is 18.0 Å². The lowest BCUT2D eigenvalue weighted by molar-refractivity contribution is -0.122. The van der Waals surface area contributed by atoms with Crippen LogP contribution in [0.1, 0.15) is 22.8 Å². The van der Waals surface area contributed by atoms with E-state index in [-0.39, 0.29) is 12.3 Å². The van der Waals surface area contributed by atoms with Crippen LogP contribution < -0.4 is 14.4 Å². The van der Waals surface area contributed by atoms with Crippen molar-refractivity contribution in [2.45, 2.75) is 20.0 Å². The summed E-state index contributed by atoms with van der Waals surface area (Å²) in [5.74, 6) is -0.823. The van der Waals surface area contributed by atoms with Crippen LogP contribution >= 0.6 is 0 Å². The number of hydrogen-bond donors (Lipinski definition) is 1. The highest BCUT2D eigenvalue weighted by Gasteiger charge is 2.36. The Bertz CT molecular complexity index is 1050. The minimum atomic E-state index is -3.59. The van der Waals surface area contributed by atoms with Crippen molar-refractivity contribution in [3.8, 4) is 5.75 Å². The predicted octanol–water partition coefficient (Wildman–Crippen LogP) is 2.34. The third kappa shape index (κ3) is 4.19. The average molecular weight is 418 g/mol. The number of carbonyl (C=O) groups is 2. The number of amides is 1. The fourth-order valence-electron chi connectivity index (χ4n) is 2.97. The largest absolute Gasteiger partial charge is 0.476 e. The molecule has 3 rings (SSSR count). The first-order valence-electron chi connectivity index (χ1n) is 9.02. The second kappa shape index (κ2) is 8.12. The fourth-order valence-corrected chi connectivity index (χ4v) is 4.10. The van der Waals surface area contributed by atoms with Gasteiger partial charge in [0.2, 0.25) is 10.0 Å². The normalized spacial score (nSPS) is 15.8. The lowest BCUT2D eigenvalue weighted by atomic mass is 10.1. The number of esters is 1. The first kappa shape index (κ1) is 20.7. The first-order chi connectivity index (χ1) is 13.8. The second-order valence-corrected chi connectivity index (χ2v) is 8.70. The fraction of sp³-hybridized carbons (Fsp3) is 0.300. The summed E-state index contributed by atoms with van der Waals surface area (Å²) in [4.78, 5) is 24.6. The number of para-hydroxylation sites is 2. The number of anilines is 2. The molecule has 2 aromatic rings. The molecule has 0 fully saturated rings. The Kier molecular flexibility index (Phi) is 5.78. The molecule has 1 N–H and O–H groups in total. The monoisotopic (exact) mass is 418 g/mol. The maximum Gasteiger partial charge on any atom is 0.337 e. The van der Waals surface area contributed by atoms with Gasteiger partial charge in [-0.05, 0) is 43.7 Å². The van der Waals surface area contributed by atoms with Crippen molar-refractivity contribution in [1.29, 1.82) is 0 Å². The van der Waals surface area contributed by atoms with Crippen molar-refractivity contribution >= 4 is 33.3 Å². The van der Waals surface area contributed by atoms with E-state index >= 15 is 0 Å². The zero-order chi connectivity index (χ0) is 21.2. The van der Waals surface area contributed by atoms with Crippen LogP contribution in [0.15, 0.2) is 42.5 Å². The highest BCUT2D eigenvalue weighted by molar-refractivity contribution is 7.92. The quantitative estimate of drug-likeness (QED) is 0.748. The topological polar surface area (TPSA) is 102 Å². The Hall–Kier alpha value is -3.07. The number of ether oxygens (including phenoxy) is 2. The van der Waals surface area contributed by atoms with Crippen LogP contribution in [0, 0.1) is 6.92 Å². The Morgan fingerprint density at radius 3 is 2.66 bits per heavy atom. The Morgan fingerprint density at radius 1 is 1.24 bits per heavy atom. The molecule has 0 spiro atoms. The van der Waals surface area contributed by atoms with Gasteiger partial charge in [0.1, 0.15) is 5.75 Å². The standard InChI is InChI=1S/C20H22N2O6S/c1-4-29(25,26)22-12-18(28-17-8-6-5-7-16(17)22)19(23)21-15-11-14(20(24)27-3)10-9-13(15)2/h5-11,18H,4,12H2,1-3H3,(H,21,23)/t18-/m0/s1. The molecule has 2 aromatic carbocycles. The predicted molar refractivity (Wildman–Crippen MR) is 109 cm³/mol. The summed E-state index contributed by atoms with van der Waals surface area (Å²) >= 11 is 0. The number of nitrogens with zero attached hydrogens (tertiary/aromatic N) is 1. The van der Waals surface area contributed by atoms with Crippen LogP contribution in [-0.2, 0) is 19.6 Å². The van der Waals surface area contributed by atoms with Gasteiger partial charge in [0.05, 0.1) is 30.7 Å². The highest BCUT2D eigenvalue weighted by atomic mass is 32.2. The molecule has 1 amide bonds. The van der Waals surface area contributed by atoms with Crippen molar-refractivity contribution in [3.63, 3.8) is 0 Å². The van der Waals surface area contributed by atoms with Gasteiger partial charge in [-0.15, -0.1) is 0 Å². The van der Waals surface area contributed by atoms with Crippen LogP contribution in [0.3, 0.4) is 0 Å². The summed E-state index contributed by atoms with van der Waals surface area (Å²) in [6.07, 6.45) is -1.05. The van der Waals surface area contributed by atoms with E-state index in [0.717, 1.165) is 5.56 Å². The molecule has 154 valence electrons. The smallest absolute Gasteiger partial charge is 0.337 e. The van der Waals surface area contributed by atoms with E-state index in [1.807, 2.05) is 0 Å². The van der Waals surface area contributed by atoms with Gasteiger partial charge in [0.15, 0.2) is 6.10 Å². The van der Waals surface area contributed by atoms with Crippen LogP contribution in [0.2, 0.25) is 0 Å². The number of nitrogens with one attached hydrogen (secondary N) is 1. The average Bonchev–Trinajstić information content (AvgIpc) is 2.73. The van der Waals surface area contributed by atoms with Gasteiger partial charge in [-0.25, -0.2) is 13.2 Å². The van der Waals surface area contributed by atoms with E-state index < -0.39 is 28.0 Å². The van der Waals surface area contributed by atoms with Gasteiger partial charge < -0.3 is 14.8 Å². The molecule has 1 heterocycles. The molecule has 0 saturated heterocycles. The van der Waals surface area contributed by atoms with Crippen LogP contribution in [0.25, 0.3) is 0 Å². The molecule has 1 aliphatic rings. The van der Waals surface area contributed by atoms with Crippen molar-refractivity contribution in [2.75, 3.05) is 29.0 Å². The molecule has 8 nitrogen and oxygen atoms in total. The summed E-state index contributed by atoms with van der Waals surface area (Å²) in [7, 11) is -2.32. The summed E-state index contributed by atoms with van der Waals surface area (Å²) in [5.41, 5.74) is 1.85. The molecule has 29 heavy (non-hydrogen) atoms. The Morgan fingerprint density at radius 2 is 1.97 bits per heavy atom. The number of sulfonamides is 1. The third-order valence-electron chi connectivity index (χ3n) is 4.64. The van der Waals surface area contributed by atoms with Gasteiger partial charge in [-0.2, -0.15) is 0 Å². The van der Waals surface area contributed by atoms with E-state index in [1.54, 1.807) is 50.2 Å². The first-order valence-corrected chi connectivity index (χ1v) is 10.6. The molecule has 0 aliphatic carbocycles. The number of aryl methyl sites for hydroxylation is 1. The van der Waals surface area contributed by atoms with Gasteiger partial charge >= 0.3 is 5.97 Å². The summed E-state index contributed by atoms with van der Waals surface area (Å²) in [6.45, 7) is 3.18. The summed E-state index contributed by atoms with van der Waals surface area (Å²) < 4.78 is 36.7. The molecule has 0 aromatic heterocycles. The number of methoxy groups -OCH3 is 1. The Balaban J connectivity index is 1.88. The minimum Gasteiger partial charge on any atom is -0.476 e. The maximum absolute atomic E-state index is 12.9. The molecule has 9 heteroatoms. The lowest BCUT2D eigenvalue weighted by Gasteiger charge is -2.34. The molecule has 0 unspecified atom stereocenters. The molecule has 1 aliphatic heterocycles. The summed E-state index contributed by atoms with van der Waals surface area (Å²) in [6, 6.07) is 11.5. The van der Waals surface area contributed by atoms with Crippen molar-refractivity contribution in [2.24, 2.45) is 0 Å². The molecule has 0 saturated carbocycles. The molecular weight excluding hydrogens is 396 g/mol. The van der Waals surface area contributed by atoms with Crippen LogP contribution in [-0.4, -0.2) is 45.8 Å². The summed E-state index contributed by atoms with van der Waals surface area (Å²) in [5, 5.41) is 2.73. The second-order valence-electron chi connectivity index (χ2n) is 6.52. The molecule has 1 atom stereocenters. The van der Waals surface area contributed by atoms with Crippen molar-refractivity contribution in [1.82, 2.24) is 0 Å². The number of fused-ring (bicyclic) bond motifs is 1. The van der Waals surface area contributed by atoms with E-state index in [1.165, 1.54) is 17.5 Å². The Labute approximate surface area is 169 Å². The maximum atomic E-state index is 12.9. The molecule has 0 radical (unpaired) electrons. The molecular formula is C20H22N2O6S. The highest BCUT2D eigenvalue weighted by Crippen LogP contribution is 2.35. The number of rotatable bonds is 5. The zero-order valence-electron chi connectivity index (χ0n) is 16.3. The minimum absolute atomic E-state index is 0.101. The van der Waals surface area contributed by atoms with E-state index in [0.29, 0.717) is 22.7 Å². The lowest BCUT2D eigenvalue weighted by Crippen LogP contribution is -2.49. The number of benzene rings is 2. The van der Waals surface area contributed by atoms with Crippen molar-refractivity contribution < 1.29 is 27.5 Å². The van der Waals surface area contributed by atoms with Crippen LogP contribution in [0.4, 0.5) is 11.4 Å². The molecule has 0 bridgehead atoms. The van der Waals surface area contributed by atoms with Crippen LogP contribution in [0.5, 0.6) is 5.75 Å². The van der Waals surface area contributed by atoms with Gasteiger partial charge in [0, 0.05) is 5.69 Å². The van der Waals surface area contributed by atoms with E-state index in [2.05, 4.69) is 5.32 Å². The van der Waals surface area contributed by atoms with E-state index in [4.69, 9.17) is 9.47 Å². The zero-order valence-corrected chi connectivity index (χ0v) is 17.2.